The lowest BCUT2D eigenvalue weighted by molar-refractivity contribution is -0.141. The smallest absolute Gasteiger partial charge is 0.322 e. The lowest BCUT2D eigenvalue weighted by atomic mass is 10.2. The van der Waals surface area contributed by atoms with Crippen molar-refractivity contribution in [2.45, 2.75) is 12.5 Å². The molecule has 1 aliphatic heterocycles. The predicted molar refractivity (Wildman–Crippen MR) is 81.7 cm³/mol. The molecule has 1 aliphatic rings. The molecule has 1 unspecified atom stereocenters. The van der Waals surface area contributed by atoms with Crippen LogP contribution in [-0.2, 0) is 9.53 Å². The van der Waals surface area contributed by atoms with Crippen molar-refractivity contribution in [2.24, 2.45) is 0 Å². The van der Waals surface area contributed by atoms with Crippen molar-refractivity contribution in [1.29, 1.82) is 0 Å². The summed E-state index contributed by atoms with van der Waals surface area (Å²) in [6.45, 7) is 0.985. The van der Waals surface area contributed by atoms with Crippen LogP contribution in [0.3, 0.4) is 0 Å². The van der Waals surface area contributed by atoms with Crippen molar-refractivity contribution in [3.8, 4) is 0 Å². The first-order valence-electron chi connectivity index (χ1n) is 6.30. The van der Waals surface area contributed by atoms with E-state index in [1.807, 2.05) is 0 Å². The fourth-order valence-electron chi connectivity index (χ4n) is 2.02. The van der Waals surface area contributed by atoms with E-state index in [0.717, 1.165) is 0 Å². The number of halogens is 2. The van der Waals surface area contributed by atoms with Crippen molar-refractivity contribution in [3.63, 3.8) is 0 Å². The molecule has 0 spiro atoms. The number of rotatable bonds is 3. The highest BCUT2D eigenvalue weighted by Crippen LogP contribution is 2.30. The molecule has 2 rings (SSSR count). The fourth-order valence-corrected chi connectivity index (χ4v) is 2.55. The van der Waals surface area contributed by atoms with Crippen LogP contribution in [0.5, 0.6) is 0 Å². The molecule has 8 heteroatoms. The molecular weight excluding hydrogens is 364 g/mol. The average molecular weight is 378 g/mol. The number of carboxylic acid groups (broad SMARTS) is 1. The molecule has 1 aromatic rings. The first-order chi connectivity index (χ1) is 9.97. The Morgan fingerprint density at radius 1 is 1.52 bits per heavy atom. The summed E-state index contributed by atoms with van der Waals surface area (Å²) in [5, 5.41) is 12.0. The van der Waals surface area contributed by atoms with Gasteiger partial charge in [-0.15, -0.1) is 0 Å². The van der Waals surface area contributed by atoms with Crippen LogP contribution < -0.4 is 5.32 Å². The second kappa shape index (κ2) is 7.11. The van der Waals surface area contributed by atoms with Gasteiger partial charge in [-0.25, -0.2) is 4.79 Å². The van der Waals surface area contributed by atoms with E-state index in [1.54, 1.807) is 18.2 Å². The molecule has 1 atom stereocenters. The van der Waals surface area contributed by atoms with Crippen molar-refractivity contribution in [3.05, 3.63) is 27.7 Å². The van der Waals surface area contributed by atoms with E-state index in [0.29, 0.717) is 28.3 Å². The maximum Gasteiger partial charge on any atom is 0.322 e. The van der Waals surface area contributed by atoms with E-state index < -0.39 is 12.1 Å². The second-order valence-electron chi connectivity index (χ2n) is 4.57. The van der Waals surface area contributed by atoms with Gasteiger partial charge in [-0.1, -0.05) is 17.7 Å². The number of anilines is 1. The van der Waals surface area contributed by atoms with Crippen LogP contribution >= 0.6 is 27.5 Å². The normalized spacial score (nSPS) is 18.4. The summed E-state index contributed by atoms with van der Waals surface area (Å²) in [7, 11) is 0. The molecule has 1 fully saturated rings. The van der Waals surface area contributed by atoms with Crippen LogP contribution in [0, 0.1) is 0 Å². The van der Waals surface area contributed by atoms with Gasteiger partial charge in [-0.05, 0) is 28.1 Å². The molecule has 0 saturated carbocycles. The monoisotopic (exact) mass is 376 g/mol. The average Bonchev–Trinajstić information content (AvgIpc) is 2.43. The molecule has 114 valence electrons. The number of amides is 2. The third-order valence-corrected chi connectivity index (χ3v) is 4.42. The lowest BCUT2D eigenvalue weighted by Crippen LogP contribution is -2.47. The number of aliphatic carboxylic acids is 1. The van der Waals surface area contributed by atoms with Gasteiger partial charge in [-0.3, -0.25) is 4.79 Å². The minimum atomic E-state index is -0.945. The number of nitrogens with one attached hydrogen (secondary N) is 1. The van der Waals surface area contributed by atoms with Crippen LogP contribution in [0.4, 0.5) is 10.5 Å². The Kier molecular flexibility index (Phi) is 5.44. The van der Waals surface area contributed by atoms with Crippen LogP contribution in [0.1, 0.15) is 6.42 Å². The molecule has 21 heavy (non-hydrogen) atoms. The van der Waals surface area contributed by atoms with Gasteiger partial charge in [0.2, 0.25) is 0 Å². The number of hydrogen-bond acceptors (Lipinski definition) is 3. The summed E-state index contributed by atoms with van der Waals surface area (Å²) < 4.78 is 5.94. The summed E-state index contributed by atoms with van der Waals surface area (Å²) in [5.41, 5.74) is 0.564. The summed E-state index contributed by atoms with van der Waals surface area (Å²) in [5.74, 6) is -0.945. The third-order valence-electron chi connectivity index (χ3n) is 3.02. The highest BCUT2D eigenvalue weighted by Gasteiger charge is 2.26. The summed E-state index contributed by atoms with van der Waals surface area (Å²) in [4.78, 5) is 24.4. The Bertz CT molecular complexity index is 555. The Balaban J connectivity index is 1.99. The standard InChI is InChI=1S/C13H14BrClN2O4/c14-12-9(15)2-1-3-10(12)16-13(20)17-4-5-21-8(7-17)6-11(18)19/h1-3,8H,4-7H2,(H,16,20)(H,18,19). The van der Waals surface area contributed by atoms with E-state index >= 15 is 0 Å². The lowest BCUT2D eigenvalue weighted by Gasteiger charge is -2.32. The topological polar surface area (TPSA) is 78.9 Å². The molecule has 1 aromatic carbocycles. The van der Waals surface area contributed by atoms with Crippen molar-refractivity contribution >= 4 is 45.2 Å². The molecule has 2 N–H and O–H groups in total. The number of carbonyl (C=O) groups excluding carboxylic acids is 1. The fraction of sp³-hybridized carbons (Fsp3) is 0.385. The molecule has 0 radical (unpaired) electrons. The summed E-state index contributed by atoms with van der Waals surface area (Å²) >= 11 is 9.28. The van der Waals surface area contributed by atoms with Gasteiger partial charge >= 0.3 is 12.0 Å². The molecule has 1 saturated heterocycles. The molecule has 2 amide bonds. The Morgan fingerprint density at radius 2 is 2.29 bits per heavy atom. The highest BCUT2D eigenvalue weighted by molar-refractivity contribution is 9.10. The van der Waals surface area contributed by atoms with Gasteiger partial charge in [0, 0.05) is 13.1 Å². The quantitative estimate of drug-likeness (QED) is 0.849. The number of carboxylic acids is 1. The number of morpholine rings is 1. The first-order valence-corrected chi connectivity index (χ1v) is 7.48. The number of urea groups is 1. The number of carbonyl (C=O) groups is 2. The van der Waals surface area contributed by atoms with Crippen LogP contribution in [0.15, 0.2) is 22.7 Å². The van der Waals surface area contributed by atoms with Crippen molar-refractivity contribution < 1.29 is 19.4 Å². The molecule has 0 aromatic heterocycles. The predicted octanol–water partition coefficient (Wildman–Crippen LogP) is 2.81. The van der Waals surface area contributed by atoms with E-state index in [9.17, 15) is 9.59 Å². The Labute approximate surface area is 135 Å². The van der Waals surface area contributed by atoms with Gasteiger partial charge in [0.25, 0.3) is 0 Å². The van der Waals surface area contributed by atoms with E-state index in [-0.39, 0.29) is 19.0 Å². The Morgan fingerprint density at radius 3 is 3.00 bits per heavy atom. The number of ether oxygens (including phenoxy) is 1. The van der Waals surface area contributed by atoms with Crippen LogP contribution in [0.2, 0.25) is 5.02 Å². The minimum Gasteiger partial charge on any atom is -0.481 e. The van der Waals surface area contributed by atoms with Crippen LogP contribution in [-0.4, -0.2) is 47.8 Å². The molecule has 0 bridgehead atoms. The first kappa shape index (κ1) is 16.1. The molecule has 6 nitrogen and oxygen atoms in total. The second-order valence-corrected chi connectivity index (χ2v) is 5.77. The minimum absolute atomic E-state index is 0.120. The van der Waals surface area contributed by atoms with Gasteiger partial charge in [-0.2, -0.15) is 0 Å². The zero-order chi connectivity index (χ0) is 15.4. The van der Waals surface area contributed by atoms with Crippen molar-refractivity contribution in [1.82, 2.24) is 4.90 Å². The highest BCUT2D eigenvalue weighted by atomic mass is 79.9. The van der Waals surface area contributed by atoms with E-state index in [2.05, 4.69) is 21.2 Å². The van der Waals surface area contributed by atoms with E-state index in [4.69, 9.17) is 21.4 Å². The maximum absolute atomic E-state index is 12.2. The van der Waals surface area contributed by atoms with Crippen molar-refractivity contribution in [2.75, 3.05) is 25.0 Å². The zero-order valence-corrected chi connectivity index (χ0v) is 13.4. The molecule has 1 heterocycles. The molecule has 0 aliphatic carbocycles. The summed E-state index contributed by atoms with van der Waals surface area (Å²) in [6, 6.07) is 4.86. The molecular formula is C13H14BrClN2O4. The number of nitrogens with zero attached hydrogens (tertiary/aromatic N) is 1. The van der Waals surface area contributed by atoms with Gasteiger partial charge in [0.05, 0.1) is 34.3 Å². The number of benzene rings is 1. The van der Waals surface area contributed by atoms with Gasteiger partial charge < -0.3 is 20.1 Å². The Hall–Kier alpha value is -1.31. The van der Waals surface area contributed by atoms with Gasteiger partial charge in [0.1, 0.15) is 0 Å². The largest absolute Gasteiger partial charge is 0.481 e. The third kappa shape index (κ3) is 4.33. The zero-order valence-electron chi connectivity index (χ0n) is 11.0. The van der Waals surface area contributed by atoms with E-state index in [1.165, 1.54) is 4.90 Å². The number of hydrogen-bond donors (Lipinski definition) is 2. The maximum atomic E-state index is 12.2. The van der Waals surface area contributed by atoms with Crippen LogP contribution in [0.25, 0.3) is 0 Å². The summed E-state index contributed by atoms with van der Waals surface area (Å²) in [6.07, 6.45) is -0.602. The SMILES string of the molecule is O=C(O)CC1CN(C(=O)Nc2cccc(Cl)c2Br)CCO1. The van der Waals surface area contributed by atoms with Gasteiger partial charge in [0.15, 0.2) is 0 Å².